The monoisotopic (exact) mass is 452 g/mol. The van der Waals surface area contributed by atoms with E-state index in [1.165, 1.54) is 11.3 Å². The molecular formula is C22H20N4O3S2. The molecule has 0 atom stereocenters. The number of aromatic nitrogens is 3. The molecule has 0 saturated heterocycles. The van der Waals surface area contributed by atoms with E-state index in [4.69, 9.17) is 9.47 Å². The summed E-state index contributed by atoms with van der Waals surface area (Å²) in [6.07, 6.45) is 5.58. The van der Waals surface area contributed by atoms with Crippen molar-refractivity contribution in [1.29, 1.82) is 0 Å². The van der Waals surface area contributed by atoms with Gasteiger partial charge in [0.15, 0.2) is 10.3 Å². The molecule has 2 aromatic carbocycles. The Morgan fingerprint density at radius 1 is 1.16 bits per heavy atom. The first-order valence-corrected chi connectivity index (χ1v) is 11.4. The fourth-order valence-electron chi connectivity index (χ4n) is 3.07. The molecule has 1 N–H and O–H groups in total. The van der Waals surface area contributed by atoms with Gasteiger partial charge in [-0.1, -0.05) is 17.8 Å². The Labute approximate surface area is 188 Å². The molecule has 0 saturated carbocycles. The van der Waals surface area contributed by atoms with Crippen molar-refractivity contribution in [2.24, 2.45) is 0 Å². The van der Waals surface area contributed by atoms with Crippen molar-refractivity contribution in [3.8, 4) is 28.4 Å². The lowest BCUT2D eigenvalue weighted by molar-refractivity contribution is 0.102. The highest BCUT2D eigenvalue weighted by atomic mass is 32.2. The molecule has 9 heteroatoms. The quantitative estimate of drug-likeness (QED) is 0.398. The molecule has 31 heavy (non-hydrogen) atoms. The Morgan fingerprint density at radius 3 is 2.81 bits per heavy atom. The largest absolute Gasteiger partial charge is 0.497 e. The Morgan fingerprint density at radius 2 is 2.03 bits per heavy atom. The van der Waals surface area contributed by atoms with Gasteiger partial charge in [-0.25, -0.2) is 9.97 Å². The second-order valence-corrected chi connectivity index (χ2v) is 8.02. The first-order valence-electron chi connectivity index (χ1n) is 9.30. The van der Waals surface area contributed by atoms with E-state index >= 15 is 0 Å². The number of imidazole rings is 1. The van der Waals surface area contributed by atoms with Crippen molar-refractivity contribution in [1.82, 2.24) is 14.5 Å². The third-order valence-corrected chi connectivity index (χ3v) is 6.01. The molecular weight excluding hydrogens is 432 g/mol. The summed E-state index contributed by atoms with van der Waals surface area (Å²) in [6, 6.07) is 12.9. The van der Waals surface area contributed by atoms with E-state index in [0.29, 0.717) is 27.9 Å². The third kappa shape index (κ3) is 4.42. The minimum Gasteiger partial charge on any atom is -0.497 e. The Kier molecular flexibility index (Phi) is 6.24. The molecule has 1 amide bonds. The number of rotatable bonds is 7. The van der Waals surface area contributed by atoms with Crippen molar-refractivity contribution in [2.75, 3.05) is 25.8 Å². The second kappa shape index (κ2) is 9.23. The lowest BCUT2D eigenvalue weighted by Crippen LogP contribution is -2.12. The zero-order valence-electron chi connectivity index (χ0n) is 17.2. The predicted octanol–water partition coefficient (Wildman–Crippen LogP) is 4.99. The Bertz CT molecular complexity index is 1220. The maximum absolute atomic E-state index is 12.8. The SMILES string of the molecule is COc1ccc(OC)c(-c2csc(NC(=O)c3cccc(-n4ccnc4SC)c3)n2)c1. The molecule has 0 fully saturated rings. The normalized spacial score (nSPS) is 10.7. The first kappa shape index (κ1) is 21.0. The van der Waals surface area contributed by atoms with Gasteiger partial charge in [-0.2, -0.15) is 0 Å². The summed E-state index contributed by atoms with van der Waals surface area (Å²) < 4.78 is 12.7. The minimum absolute atomic E-state index is 0.230. The average molecular weight is 453 g/mol. The predicted molar refractivity (Wildman–Crippen MR) is 124 cm³/mol. The number of nitrogens with one attached hydrogen (secondary N) is 1. The van der Waals surface area contributed by atoms with Gasteiger partial charge >= 0.3 is 0 Å². The fourth-order valence-corrected chi connectivity index (χ4v) is 4.31. The van der Waals surface area contributed by atoms with Crippen LogP contribution in [0.2, 0.25) is 0 Å². The standard InChI is InChI=1S/C22H20N4O3S2/c1-28-16-7-8-19(29-2)17(12-16)18-13-31-21(24-18)25-20(27)14-5-4-6-15(11-14)26-10-9-23-22(26)30-3/h4-13H,1-3H3,(H,24,25,27). The number of amides is 1. The topological polar surface area (TPSA) is 78.3 Å². The summed E-state index contributed by atoms with van der Waals surface area (Å²) in [4.78, 5) is 21.7. The summed E-state index contributed by atoms with van der Waals surface area (Å²) in [5, 5.41) is 6.11. The number of carbonyl (C=O) groups excluding carboxylic acids is 1. The van der Waals surface area contributed by atoms with Gasteiger partial charge in [0.25, 0.3) is 5.91 Å². The van der Waals surface area contributed by atoms with Crippen LogP contribution in [0.1, 0.15) is 10.4 Å². The fraction of sp³-hybridized carbons (Fsp3) is 0.136. The van der Waals surface area contributed by atoms with E-state index in [0.717, 1.165) is 16.4 Å². The summed E-state index contributed by atoms with van der Waals surface area (Å²) >= 11 is 2.89. The molecule has 0 aliphatic carbocycles. The van der Waals surface area contributed by atoms with Gasteiger partial charge in [-0.05, 0) is 42.7 Å². The van der Waals surface area contributed by atoms with Crippen molar-refractivity contribution in [3.63, 3.8) is 0 Å². The zero-order chi connectivity index (χ0) is 21.8. The molecule has 158 valence electrons. The van der Waals surface area contributed by atoms with Crippen LogP contribution in [0.4, 0.5) is 5.13 Å². The zero-order valence-corrected chi connectivity index (χ0v) is 18.8. The number of methoxy groups -OCH3 is 2. The van der Waals surface area contributed by atoms with E-state index in [1.54, 1.807) is 38.2 Å². The maximum Gasteiger partial charge on any atom is 0.257 e. The van der Waals surface area contributed by atoms with Crippen molar-refractivity contribution < 1.29 is 14.3 Å². The molecule has 0 radical (unpaired) electrons. The number of benzene rings is 2. The van der Waals surface area contributed by atoms with Crippen LogP contribution in [-0.4, -0.2) is 40.9 Å². The highest BCUT2D eigenvalue weighted by Gasteiger charge is 2.14. The average Bonchev–Trinajstić information content (AvgIpc) is 3.48. The van der Waals surface area contributed by atoms with Gasteiger partial charge in [0.2, 0.25) is 0 Å². The van der Waals surface area contributed by atoms with Gasteiger partial charge in [-0.15, -0.1) is 11.3 Å². The van der Waals surface area contributed by atoms with Crippen LogP contribution < -0.4 is 14.8 Å². The van der Waals surface area contributed by atoms with Gasteiger partial charge in [0, 0.05) is 34.6 Å². The summed E-state index contributed by atoms with van der Waals surface area (Å²) in [6.45, 7) is 0. The van der Waals surface area contributed by atoms with Crippen LogP contribution in [0.15, 0.2) is 65.4 Å². The molecule has 0 aliphatic heterocycles. The number of thiazole rings is 1. The van der Waals surface area contributed by atoms with Crippen molar-refractivity contribution in [2.45, 2.75) is 5.16 Å². The highest BCUT2D eigenvalue weighted by molar-refractivity contribution is 7.98. The van der Waals surface area contributed by atoms with Crippen molar-refractivity contribution >= 4 is 34.1 Å². The molecule has 2 aromatic heterocycles. The van der Waals surface area contributed by atoms with E-state index in [1.807, 2.05) is 58.8 Å². The smallest absolute Gasteiger partial charge is 0.257 e. The Hall–Kier alpha value is -3.30. The number of ether oxygens (including phenoxy) is 2. The first-order chi connectivity index (χ1) is 15.1. The summed E-state index contributed by atoms with van der Waals surface area (Å²) in [7, 11) is 3.22. The molecule has 2 heterocycles. The van der Waals surface area contributed by atoms with Gasteiger partial charge < -0.3 is 9.47 Å². The molecule has 0 bridgehead atoms. The molecule has 4 aromatic rings. The third-order valence-electron chi connectivity index (χ3n) is 4.58. The lowest BCUT2D eigenvalue weighted by Gasteiger charge is -2.09. The maximum atomic E-state index is 12.8. The minimum atomic E-state index is -0.230. The van der Waals surface area contributed by atoms with E-state index in [9.17, 15) is 4.79 Å². The molecule has 0 unspecified atom stereocenters. The van der Waals surface area contributed by atoms with Crippen LogP contribution >= 0.6 is 23.1 Å². The molecule has 7 nitrogen and oxygen atoms in total. The van der Waals surface area contributed by atoms with Crippen LogP contribution in [-0.2, 0) is 0 Å². The number of carbonyl (C=O) groups is 1. The van der Waals surface area contributed by atoms with Crippen LogP contribution in [0.3, 0.4) is 0 Å². The van der Waals surface area contributed by atoms with Crippen LogP contribution in [0.5, 0.6) is 11.5 Å². The Balaban J connectivity index is 1.56. The van der Waals surface area contributed by atoms with E-state index < -0.39 is 0 Å². The van der Waals surface area contributed by atoms with E-state index in [-0.39, 0.29) is 5.91 Å². The number of anilines is 1. The van der Waals surface area contributed by atoms with E-state index in [2.05, 4.69) is 15.3 Å². The molecule has 4 rings (SSSR count). The highest BCUT2D eigenvalue weighted by Crippen LogP contribution is 2.35. The van der Waals surface area contributed by atoms with Crippen LogP contribution in [0, 0.1) is 0 Å². The second-order valence-electron chi connectivity index (χ2n) is 6.39. The summed E-state index contributed by atoms with van der Waals surface area (Å²) in [5.74, 6) is 1.16. The summed E-state index contributed by atoms with van der Waals surface area (Å²) in [5.41, 5.74) is 2.91. The molecule has 0 spiro atoms. The number of nitrogens with zero attached hydrogens (tertiary/aromatic N) is 3. The van der Waals surface area contributed by atoms with Gasteiger partial charge in [-0.3, -0.25) is 14.7 Å². The lowest BCUT2D eigenvalue weighted by atomic mass is 10.1. The van der Waals surface area contributed by atoms with Crippen molar-refractivity contribution in [3.05, 3.63) is 65.8 Å². The van der Waals surface area contributed by atoms with Crippen LogP contribution in [0.25, 0.3) is 16.9 Å². The molecule has 0 aliphatic rings. The number of thioether (sulfide) groups is 1. The number of hydrogen-bond acceptors (Lipinski definition) is 7. The number of hydrogen-bond donors (Lipinski definition) is 1. The van der Waals surface area contributed by atoms with Gasteiger partial charge in [0.1, 0.15) is 11.5 Å². The van der Waals surface area contributed by atoms with Gasteiger partial charge in [0.05, 0.1) is 19.9 Å².